The third-order valence-corrected chi connectivity index (χ3v) is 3.57. The largest absolute Gasteiger partial charge is 0.249 e. The van der Waals surface area contributed by atoms with Crippen molar-refractivity contribution in [1.29, 1.82) is 0 Å². The molecule has 1 atom stereocenters. The minimum atomic E-state index is -0.953. The summed E-state index contributed by atoms with van der Waals surface area (Å²) in [4.78, 5) is 4.40. The van der Waals surface area contributed by atoms with E-state index in [4.69, 9.17) is 11.6 Å². The zero-order valence-electron chi connectivity index (χ0n) is 8.71. The van der Waals surface area contributed by atoms with Gasteiger partial charge >= 0.3 is 0 Å². The topological polar surface area (TPSA) is 12.9 Å². The standard InChI is InChI=1S/C13H11ClFN/c14-12-8-4-1-2-7-11(8)16-13-9(12)5-3-6-10(13)15/h1-2,4,7,10H,3,5-6H2/t10-/m1/s1. The molecule has 0 N–H and O–H groups in total. The van der Waals surface area contributed by atoms with Crippen LogP contribution in [0.1, 0.15) is 30.3 Å². The van der Waals surface area contributed by atoms with Gasteiger partial charge < -0.3 is 0 Å². The summed E-state index contributed by atoms with van der Waals surface area (Å²) in [5.41, 5.74) is 2.24. The lowest BCUT2D eigenvalue weighted by atomic mass is 9.93. The molecule has 16 heavy (non-hydrogen) atoms. The first-order valence-electron chi connectivity index (χ1n) is 5.48. The van der Waals surface area contributed by atoms with Gasteiger partial charge in [-0.15, -0.1) is 0 Å². The molecule has 0 fully saturated rings. The van der Waals surface area contributed by atoms with Crippen molar-refractivity contribution in [3.05, 3.63) is 40.5 Å². The summed E-state index contributed by atoms with van der Waals surface area (Å²) in [6, 6.07) is 7.64. The maximum Gasteiger partial charge on any atom is 0.142 e. The summed E-state index contributed by atoms with van der Waals surface area (Å²) < 4.78 is 13.8. The molecule has 1 aromatic heterocycles. The second-order valence-electron chi connectivity index (χ2n) is 4.17. The van der Waals surface area contributed by atoms with Gasteiger partial charge in [-0.05, 0) is 30.9 Å². The molecule has 1 aliphatic carbocycles. The Balaban J connectivity index is 2.36. The van der Waals surface area contributed by atoms with Gasteiger partial charge in [0.2, 0.25) is 0 Å². The van der Waals surface area contributed by atoms with Crippen LogP contribution in [-0.2, 0) is 6.42 Å². The lowest BCUT2D eigenvalue weighted by molar-refractivity contribution is 0.295. The quantitative estimate of drug-likeness (QED) is 0.666. The molecule has 3 rings (SSSR count). The first kappa shape index (κ1) is 10.0. The van der Waals surface area contributed by atoms with Crippen molar-refractivity contribution in [1.82, 2.24) is 4.98 Å². The molecule has 0 spiro atoms. The van der Waals surface area contributed by atoms with E-state index in [0.717, 1.165) is 29.3 Å². The van der Waals surface area contributed by atoms with Crippen LogP contribution in [0.25, 0.3) is 10.9 Å². The molecular formula is C13H11ClFN. The Morgan fingerprint density at radius 2 is 2.12 bits per heavy atom. The summed E-state index contributed by atoms with van der Waals surface area (Å²) >= 11 is 6.32. The van der Waals surface area contributed by atoms with Crippen molar-refractivity contribution in [3.8, 4) is 0 Å². The number of nitrogens with zero attached hydrogens (tertiary/aromatic N) is 1. The van der Waals surface area contributed by atoms with Crippen LogP contribution in [0.15, 0.2) is 24.3 Å². The fourth-order valence-electron chi connectivity index (χ4n) is 2.32. The predicted molar refractivity (Wildman–Crippen MR) is 63.5 cm³/mol. The van der Waals surface area contributed by atoms with E-state index in [-0.39, 0.29) is 0 Å². The number of rotatable bonds is 0. The highest BCUT2D eigenvalue weighted by atomic mass is 35.5. The molecular weight excluding hydrogens is 225 g/mol. The molecule has 3 heteroatoms. The van der Waals surface area contributed by atoms with Gasteiger partial charge in [-0.25, -0.2) is 9.37 Å². The van der Waals surface area contributed by atoms with Gasteiger partial charge in [0, 0.05) is 5.39 Å². The van der Waals surface area contributed by atoms with Crippen molar-refractivity contribution in [2.75, 3.05) is 0 Å². The van der Waals surface area contributed by atoms with Gasteiger partial charge in [-0.2, -0.15) is 0 Å². The van der Waals surface area contributed by atoms with E-state index in [2.05, 4.69) is 4.98 Å². The Labute approximate surface area is 98.3 Å². The van der Waals surface area contributed by atoms with Crippen LogP contribution in [0.4, 0.5) is 4.39 Å². The van der Waals surface area contributed by atoms with Crippen LogP contribution in [-0.4, -0.2) is 4.98 Å². The number of alkyl halides is 1. The van der Waals surface area contributed by atoms with Crippen LogP contribution in [0, 0.1) is 0 Å². The zero-order chi connectivity index (χ0) is 11.1. The summed E-state index contributed by atoms with van der Waals surface area (Å²) in [5, 5.41) is 1.61. The van der Waals surface area contributed by atoms with Gasteiger partial charge in [0.25, 0.3) is 0 Å². The highest BCUT2D eigenvalue weighted by Crippen LogP contribution is 2.38. The third-order valence-electron chi connectivity index (χ3n) is 3.14. The first-order valence-corrected chi connectivity index (χ1v) is 5.86. The van der Waals surface area contributed by atoms with E-state index in [1.54, 1.807) is 0 Å². The number of aromatic nitrogens is 1. The second kappa shape index (κ2) is 3.70. The van der Waals surface area contributed by atoms with Crippen LogP contribution >= 0.6 is 11.6 Å². The summed E-state index contributed by atoms with van der Waals surface area (Å²) in [7, 11) is 0. The molecule has 0 saturated carbocycles. The molecule has 0 aliphatic heterocycles. The fraction of sp³-hybridized carbons (Fsp3) is 0.308. The number of hydrogen-bond donors (Lipinski definition) is 0. The maximum atomic E-state index is 13.8. The van der Waals surface area contributed by atoms with Crippen molar-refractivity contribution in [3.63, 3.8) is 0 Å². The minimum Gasteiger partial charge on any atom is -0.249 e. The van der Waals surface area contributed by atoms with Gasteiger partial charge in [-0.3, -0.25) is 0 Å². The van der Waals surface area contributed by atoms with Crippen molar-refractivity contribution >= 4 is 22.5 Å². The number of fused-ring (bicyclic) bond motifs is 2. The number of benzene rings is 1. The molecule has 2 aromatic rings. The number of para-hydroxylation sites is 1. The van der Waals surface area contributed by atoms with E-state index in [9.17, 15) is 4.39 Å². The molecule has 82 valence electrons. The molecule has 1 aliphatic rings. The highest BCUT2D eigenvalue weighted by Gasteiger charge is 2.24. The molecule has 0 radical (unpaired) electrons. The van der Waals surface area contributed by atoms with Crippen molar-refractivity contribution in [2.45, 2.75) is 25.4 Å². The van der Waals surface area contributed by atoms with Crippen LogP contribution < -0.4 is 0 Å². The van der Waals surface area contributed by atoms with Crippen LogP contribution in [0.5, 0.6) is 0 Å². The molecule has 0 amide bonds. The number of halogens is 2. The van der Waals surface area contributed by atoms with Crippen LogP contribution in [0.3, 0.4) is 0 Å². The molecule has 0 saturated heterocycles. The van der Waals surface area contributed by atoms with Gasteiger partial charge in [0.1, 0.15) is 6.17 Å². The van der Waals surface area contributed by atoms with E-state index in [0.29, 0.717) is 17.1 Å². The minimum absolute atomic E-state index is 0.551. The first-order chi connectivity index (χ1) is 7.77. The van der Waals surface area contributed by atoms with E-state index < -0.39 is 6.17 Å². The molecule has 1 nitrogen and oxygen atoms in total. The Kier molecular flexibility index (Phi) is 2.32. The average molecular weight is 236 g/mol. The van der Waals surface area contributed by atoms with E-state index in [1.165, 1.54) is 0 Å². The Hall–Kier alpha value is -1.15. The Morgan fingerprint density at radius 3 is 3.00 bits per heavy atom. The normalized spacial score (nSPS) is 19.8. The van der Waals surface area contributed by atoms with Gasteiger partial charge in [0.05, 0.1) is 16.2 Å². The Morgan fingerprint density at radius 1 is 1.31 bits per heavy atom. The third kappa shape index (κ3) is 1.40. The maximum absolute atomic E-state index is 13.8. The zero-order valence-corrected chi connectivity index (χ0v) is 9.47. The highest BCUT2D eigenvalue weighted by molar-refractivity contribution is 6.36. The number of pyridine rings is 1. The smallest absolute Gasteiger partial charge is 0.142 e. The fourth-order valence-corrected chi connectivity index (χ4v) is 2.67. The van der Waals surface area contributed by atoms with Gasteiger partial charge in [0.15, 0.2) is 0 Å². The van der Waals surface area contributed by atoms with Crippen molar-refractivity contribution in [2.24, 2.45) is 0 Å². The monoisotopic (exact) mass is 235 g/mol. The van der Waals surface area contributed by atoms with Gasteiger partial charge in [-0.1, -0.05) is 29.8 Å². The van der Waals surface area contributed by atoms with Crippen LogP contribution in [0.2, 0.25) is 5.02 Å². The lowest BCUT2D eigenvalue weighted by Crippen LogP contribution is -2.09. The lowest BCUT2D eigenvalue weighted by Gasteiger charge is -2.20. The summed E-state index contributed by atoms with van der Waals surface area (Å²) in [5.74, 6) is 0. The molecule has 1 heterocycles. The van der Waals surface area contributed by atoms with E-state index in [1.807, 2.05) is 24.3 Å². The van der Waals surface area contributed by atoms with E-state index >= 15 is 0 Å². The molecule has 0 bridgehead atoms. The molecule has 0 unspecified atom stereocenters. The second-order valence-corrected chi connectivity index (χ2v) is 4.54. The summed E-state index contributed by atoms with van der Waals surface area (Å²) in [6.45, 7) is 0. The average Bonchev–Trinajstić information content (AvgIpc) is 2.31. The Bertz CT molecular complexity index is 553. The summed E-state index contributed by atoms with van der Waals surface area (Å²) in [6.07, 6.45) is 1.31. The SMILES string of the molecule is F[C@@H]1CCCc2c1nc1ccccc1c2Cl. The number of hydrogen-bond acceptors (Lipinski definition) is 1. The molecule has 1 aromatic carbocycles. The predicted octanol–water partition coefficient (Wildman–Crippen LogP) is 4.24. The van der Waals surface area contributed by atoms with Crippen molar-refractivity contribution < 1.29 is 4.39 Å².